The van der Waals surface area contributed by atoms with Gasteiger partial charge in [-0.2, -0.15) is 4.98 Å². The molecule has 2 aliphatic heterocycles. The molecule has 7 rings (SSSR count). The molecule has 2 aromatic carbocycles. The van der Waals surface area contributed by atoms with Crippen molar-refractivity contribution in [1.82, 2.24) is 19.9 Å². The van der Waals surface area contributed by atoms with Gasteiger partial charge in [0.1, 0.15) is 0 Å². The summed E-state index contributed by atoms with van der Waals surface area (Å²) in [5.74, 6) is 1.18. The van der Waals surface area contributed by atoms with Crippen molar-refractivity contribution < 1.29 is 17.9 Å². The van der Waals surface area contributed by atoms with Gasteiger partial charge in [-0.1, -0.05) is 51.1 Å². The number of ether oxygens (including phenoxy) is 2. The Hall–Kier alpha value is -3.89. The van der Waals surface area contributed by atoms with Gasteiger partial charge in [-0.05, 0) is 98.4 Å². The molecular formula is C39H47N5O4S. The number of aryl methyl sites for hydroxylation is 1. The number of aromatic nitrogens is 4. The van der Waals surface area contributed by atoms with E-state index >= 15 is 0 Å². The Kier molecular flexibility index (Phi) is 9.21. The lowest BCUT2D eigenvalue weighted by molar-refractivity contribution is 0.0844. The van der Waals surface area contributed by atoms with Crippen molar-refractivity contribution >= 4 is 16.0 Å². The summed E-state index contributed by atoms with van der Waals surface area (Å²) >= 11 is 0. The molecule has 3 aliphatic rings. The average molecular weight is 682 g/mol. The van der Waals surface area contributed by atoms with Crippen LogP contribution in [0.2, 0.25) is 0 Å². The fourth-order valence-corrected chi connectivity index (χ4v) is 8.51. The summed E-state index contributed by atoms with van der Waals surface area (Å²) in [6, 6.07) is 13.6. The largest absolute Gasteiger partial charge is 0.477 e. The molecule has 10 heteroatoms. The number of sulfonamides is 1. The van der Waals surface area contributed by atoms with E-state index < -0.39 is 10.0 Å². The predicted octanol–water partition coefficient (Wildman–Crippen LogP) is 7.89. The molecule has 1 saturated heterocycles. The van der Waals surface area contributed by atoms with E-state index in [2.05, 4.69) is 55.6 Å². The Balaban J connectivity index is 1.31. The number of benzene rings is 2. The molecule has 0 radical (unpaired) electrons. The van der Waals surface area contributed by atoms with Crippen LogP contribution in [0.3, 0.4) is 0 Å². The van der Waals surface area contributed by atoms with Crippen molar-refractivity contribution in [1.29, 1.82) is 0 Å². The van der Waals surface area contributed by atoms with Crippen molar-refractivity contribution in [3.8, 4) is 17.1 Å². The van der Waals surface area contributed by atoms with Crippen LogP contribution in [0.15, 0.2) is 59.8 Å². The maximum Gasteiger partial charge on any atom is 0.264 e. The van der Waals surface area contributed by atoms with Gasteiger partial charge in [-0.15, -0.1) is 0 Å². The molecule has 4 bridgehead atoms. The molecule has 9 nitrogen and oxygen atoms in total. The molecule has 0 amide bonds. The topological polar surface area (TPSA) is 116 Å². The maximum absolute atomic E-state index is 14.0. The molecule has 258 valence electrons. The molecule has 2 atom stereocenters. The molecule has 0 spiro atoms. The van der Waals surface area contributed by atoms with Crippen molar-refractivity contribution in [3.63, 3.8) is 0 Å². The second kappa shape index (κ2) is 13.4. The van der Waals surface area contributed by atoms with Crippen LogP contribution in [0, 0.1) is 25.2 Å². The first-order valence-electron chi connectivity index (χ1n) is 17.6. The Bertz CT molecular complexity index is 1930. The van der Waals surface area contributed by atoms with Crippen LogP contribution < -0.4 is 9.46 Å². The number of nitrogens with one attached hydrogen (secondary N) is 1. The van der Waals surface area contributed by atoms with E-state index in [-0.39, 0.29) is 28.1 Å². The number of hydrogen-bond acceptors (Lipinski definition) is 8. The Morgan fingerprint density at radius 1 is 0.918 bits per heavy atom. The minimum absolute atomic E-state index is 0.00962. The van der Waals surface area contributed by atoms with Crippen molar-refractivity contribution in [2.24, 2.45) is 11.3 Å². The van der Waals surface area contributed by atoms with Crippen LogP contribution in [-0.4, -0.2) is 48.2 Å². The molecule has 1 aliphatic carbocycles. The first kappa shape index (κ1) is 33.6. The summed E-state index contributed by atoms with van der Waals surface area (Å²) in [5, 5.41) is 0. The second-order valence-corrected chi connectivity index (χ2v) is 17.0. The van der Waals surface area contributed by atoms with E-state index in [1.165, 1.54) is 5.56 Å². The first-order chi connectivity index (χ1) is 23.4. The molecule has 2 aromatic heterocycles. The molecule has 1 N–H and O–H groups in total. The smallest absolute Gasteiger partial charge is 0.264 e. The highest BCUT2D eigenvalue weighted by atomic mass is 32.2. The number of fused-ring (bicyclic) bond motifs is 4. The lowest BCUT2D eigenvalue weighted by atomic mass is 9.74. The zero-order valence-electron chi connectivity index (χ0n) is 29.2. The average Bonchev–Trinajstić information content (AvgIpc) is 3.92. The zero-order chi connectivity index (χ0) is 34.3. The Morgan fingerprint density at radius 2 is 1.69 bits per heavy atom. The molecule has 2 fully saturated rings. The summed E-state index contributed by atoms with van der Waals surface area (Å²) in [5.41, 5.74) is 7.65. The van der Waals surface area contributed by atoms with Gasteiger partial charge >= 0.3 is 0 Å². The molecular weight excluding hydrogens is 635 g/mol. The van der Waals surface area contributed by atoms with Crippen LogP contribution in [0.25, 0.3) is 11.3 Å². The first-order valence-corrected chi connectivity index (χ1v) is 19.1. The van der Waals surface area contributed by atoms with E-state index in [1.807, 2.05) is 31.5 Å². The van der Waals surface area contributed by atoms with Crippen molar-refractivity contribution in [2.75, 3.05) is 24.5 Å². The van der Waals surface area contributed by atoms with E-state index in [9.17, 15) is 8.42 Å². The molecule has 4 aromatic rings. The van der Waals surface area contributed by atoms with Gasteiger partial charge in [0.15, 0.2) is 0 Å². The lowest BCUT2D eigenvalue weighted by Gasteiger charge is -2.33. The number of nitrogens with zero attached hydrogens (tertiary/aromatic N) is 4. The van der Waals surface area contributed by atoms with Crippen LogP contribution >= 0.6 is 0 Å². The van der Waals surface area contributed by atoms with Gasteiger partial charge in [0.05, 0.1) is 28.6 Å². The van der Waals surface area contributed by atoms with Crippen molar-refractivity contribution in [2.45, 2.75) is 95.8 Å². The molecule has 49 heavy (non-hydrogen) atoms. The van der Waals surface area contributed by atoms with Gasteiger partial charge < -0.3 is 9.47 Å². The predicted molar refractivity (Wildman–Crippen MR) is 190 cm³/mol. The molecule has 4 heterocycles. The van der Waals surface area contributed by atoms with Crippen LogP contribution in [-0.2, 0) is 21.2 Å². The fourth-order valence-electron chi connectivity index (χ4n) is 7.51. The second-order valence-electron chi connectivity index (χ2n) is 15.3. The summed E-state index contributed by atoms with van der Waals surface area (Å²) in [7, 11) is -4.02. The van der Waals surface area contributed by atoms with Gasteiger partial charge in [0.2, 0.25) is 11.8 Å². The van der Waals surface area contributed by atoms with Crippen LogP contribution in [0.1, 0.15) is 104 Å². The number of anilines is 1. The summed E-state index contributed by atoms with van der Waals surface area (Å²) < 4.78 is 42.9. The van der Waals surface area contributed by atoms with E-state index in [1.54, 1.807) is 12.1 Å². The third kappa shape index (κ3) is 7.50. The minimum atomic E-state index is -4.02. The quantitative estimate of drug-likeness (QED) is 0.218. The fraction of sp³-hybridized carbons (Fsp3) is 0.487. The maximum atomic E-state index is 14.0. The van der Waals surface area contributed by atoms with Crippen molar-refractivity contribution in [3.05, 3.63) is 88.5 Å². The molecule has 1 unspecified atom stereocenters. The Labute approximate surface area is 290 Å². The SMILES string of the molecule is Cc1cccc(C2CC2)c1-c1nc2nc(c1C)OC[C@@H](CC(C)(C)C)C(Cc1cnc(C3CCOCC3)cn1)c1cccc(c1)S(=O)(=O)N2. The standard InChI is InChI=1S/C39H47N5O4S/c1-24-8-6-11-32(26-12-13-26)35(24)36-25(2)37-43-38(42-36)44-49(45,46)31-10-7-9-28(18-31)33(29(23-48-37)20-39(3,4)5)19-30-21-41-34(22-40-30)27-14-16-47-17-15-27/h6-11,18,21-22,26-27,29,33H,12-17,19-20,23H2,1-5H3,(H,42,43,44)/t29-,33?/m1/s1. The summed E-state index contributed by atoms with van der Waals surface area (Å²) in [4.78, 5) is 19.5. The lowest BCUT2D eigenvalue weighted by Crippen LogP contribution is -2.28. The van der Waals surface area contributed by atoms with Gasteiger partial charge in [-0.3, -0.25) is 9.97 Å². The third-order valence-corrected chi connectivity index (χ3v) is 11.5. The Morgan fingerprint density at radius 3 is 2.41 bits per heavy atom. The highest BCUT2D eigenvalue weighted by Crippen LogP contribution is 2.47. The summed E-state index contributed by atoms with van der Waals surface area (Å²) in [6.45, 7) is 12.7. The van der Waals surface area contributed by atoms with Gasteiger partial charge in [0.25, 0.3) is 10.0 Å². The van der Waals surface area contributed by atoms with Crippen LogP contribution in [0.5, 0.6) is 5.88 Å². The van der Waals surface area contributed by atoms with Gasteiger partial charge in [-0.25, -0.2) is 18.1 Å². The third-order valence-electron chi connectivity index (χ3n) is 10.2. The number of rotatable bonds is 6. The normalized spacial score (nSPS) is 21.2. The van der Waals surface area contributed by atoms with E-state index in [0.29, 0.717) is 36.4 Å². The highest BCUT2D eigenvalue weighted by Gasteiger charge is 2.33. The van der Waals surface area contributed by atoms with Crippen LogP contribution in [0.4, 0.5) is 5.95 Å². The zero-order valence-corrected chi connectivity index (χ0v) is 30.0. The van der Waals surface area contributed by atoms with E-state index in [4.69, 9.17) is 24.4 Å². The minimum Gasteiger partial charge on any atom is -0.477 e. The summed E-state index contributed by atoms with van der Waals surface area (Å²) in [6.07, 6.45) is 9.42. The monoisotopic (exact) mass is 681 g/mol. The van der Waals surface area contributed by atoms with Gasteiger partial charge in [0, 0.05) is 48.6 Å². The number of hydrogen-bond donors (Lipinski definition) is 1. The molecule has 1 saturated carbocycles. The highest BCUT2D eigenvalue weighted by molar-refractivity contribution is 7.92. The van der Waals surface area contributed by atoms with E-state index in [0.717, 1.165) is 79.0 Å².